The highest BCUT2D eigenvalue weighted by Crippen LogP contribution is 2.56. The Labute approximate surface area is 357 Å². The lowest BCUT2D eigenvalue weighted by Crippen LogP contribution is -2.28. The molecule has 0 radical (unpaired) electrons. The van der Waals surface area contributed by atoms with Gasteiger partial charge in [0.15, 0.2) is 5.82 Å². The van der Waals surface area contributed by atoms with E-state index in [0.717, 1.165) is 33.6 Å². The van der Waals surface area contributed by atoms with E-state index in [1.165, 1.54) is 61.2 Å². The lowest BCUT2D eigenvalue weighted by Gasteiger charge is -2.34. The number of nitrogens with zero attached hydrogens (tertiary/aromatic N) is 2. The van der Waals surface area contributed by atoms with Gasteiger partial charge in [-0.1, -0.05) is 231 Å². The van der Waals surface area contributed by atoms with Gasteiger partial charge in [-0.15, -0.1) is 0 Å². The Morgan fingerprint density at radius 1 is 0.246 bits per heavy atom. The van der Waals surface area contributed by atoms with Crippen LogP contribution >= 0.6 is 0 Å². The average molecular weight is 777 g/mol. The van der Waals surface area contributed by atoms with Crippen LogP contribution in [0.25, 0.3) is 78.4 Å². The molecule has 1 heterocycles. The molecule has 0 atom stereocenters. The molecule has 1 aliphatic rings. The van der Waals surface area contributed by atoms with Crippen LogP contribution < -0.4 is 0 Å². The van der Waals surface area contributed by atoms with Gasteiger partial charge in [0, 0.05) is 16.7 Å². The largest absolute Gasteiger partial charge is 0.228 e. The molecule has 0 spiro atoms. The lowest BCUT2D eigenvalue weighted by molar-refractivity contribution is 0.769. The van der Waals surface area contributed by atoms with Crippen molar-refractivity contribution in [3.63, 3.8) is 0 Å². The van der Waals surface area contributed by atoms with Gasteiger partial charge in [-0.25, -0.2) is 9.97 Å². The van der Waals surface area contributed by atoms with Gasteiger partial charge in [0.1, 0.15) is 0 Å². The Balaban J connectivity index is 0.921. The summed E-state index contributed by atoms with van der Waals surface area (Å²) in [6, 6.07) is 87.1. The lowest BCUT2D eigenvalue weighted by atomic mass is 9.67. The predicted octanol–water partition coefficient (Wildman–Crippen LogP) is 14.8. The smallest absolute Gasteiger partial charge is 0.160 e. The molecule has 1 aromatic heterocycles. The molecule has 0 fully saturated rings. The highest BCUT2D eigenvalue weighted by Gasteiger charge is 2.46. The molecule has 1 aliphatic carbocycles. The summed E-state index contributed by atoms with van der Waals surface area (Å²) in [5.74, 6) is 0.708. The Bertz CT molecular complexity index is 3080. The van der Waals surface area contributed by atoms with E-state index >= 15 is 0 Å². The van der Waals surface area contributed by atoms with Crippen LogP contribution in [0, 0.1) is 0 Å². The molecule has 0 N–H and O–H groups in total. The third-order valence-electron chi connectivity index (χ3n) is 12.2. The standard InChI is InChI=1S/C59H40N2/c1-5-15-41(16-6-1)42-29-33-46(34-30-42)56-40-57(61-58(60-56)48-17-7-2-8-18-48)47-35-31-44(32-36-47)43-25-27-45(28-26-43)49-37-38-53-52-23-13-14-24-54(52)59(55(53)39-49,50-19-9-3-10-20-50)51-21-11-4-12-22-51/h1-40H. The minimum Gasteiger partial charge on any atom is -0.228 e. The van der Waals surface area contributed by atoms with E-state index in [1.54, 1.807) is 0 Å². The quantitative estimate of drug-likeness (QED) is 0.154. The van der Waals surface area contributed by atoms with Crippen molar-refractivity contribution >= 4 is 0 Å². The Morgan fingerprint density at radius 2 is 0.607 bits per heavy atom. The Morgan fingerprint density at radius 3 is 1.11 bits per heavy atom. The zero-order chi connectivity index (χ0) is 40.6. The predicted molar refractivity (Wildman–Crippen MR) is 252 cm³/mol. The molecule has 286 valence electrons. The maximum atomic E-state index is 5.09. The third-order valence-corrected chi connectivity index (χ3v) is 12.2. The van der Waals surface area contributed by atoms with E-state index in [-0.39, 0.29) is 0 Å². The van der Waals surface area contributed by atoms with Crippen LogP contribution in [0.3, 0.4) is 0 Å². The topological polar surface area (TPSA) is 25.8 Å². The molecule has 2 nitrogen and oxygen atoms in total. The average Bonchev–Trinajstić information content (AvgIpc) is 3.65. The number of hydrogen-bond donors (Lipinski definition) is 0. The van der Waals surface area contributed by atoms with Crippen LogP contribution in [0.4, 0.5) is 0 Å². The number of fused-ring (bicyclic) bond motifs is 3. The van der Waals surface area contributed by atoms with E-state index in [1.807, 2.05) is 24.3 Å². The molecule has 0 saturated heterocycles. The molecular weight excluding hydrogens is 737 g/mol. The minimum absolute atomic E-state index is 0.425. The first-order valence-corrected chi connectivity index (χ1v) is 20.9. The van der Waals surface area contributed by atoms with Gasteiger partial charge in [-0.3, -0.25) is 0 Å². The summed E-state index contributed by atoms with van der Waals surface area (Å²) < 4.78 is 0. The van der Waals surface area contributed by atoms with E-state index in [4.69, 9.17) is 9.97 Å². The maximum absolute atomic E-state index is 5.09. The van der Waals surface area contributed by atoms with Crippen molar-refractivity contribution in [2.45, 2.75) is 5.41 Å². The van der Waals surface area contributed by atoms with Crippen LogP contribution in [0.15, 0.2) is 243 Å². The van der Waals surface area contributed by atoms with Crippen LogP contribution in [-0.2, 0) is 5.41 Å². The van der Waals surface area contributed by atoms with Crippen molar-refractivity contribution < 1.29 is 0 Å². The molecule has 9 aromatic carbocycles. The van der Waals surface area contributed by atoms with Crippen molar-refractivity contribution in [1.29, 1.82) is 0 Å². The third kappa shape index (κ3) is 6.46. The second-order valence-electron chi connectivity index (χ2n) is 15.7. The van der Waals surface area contributed by atoms with Gasteiger partial charge in [-0.05, 0) is 78.9 Å². The number of aromatic nitrogens is 2. The first-order valence-electron chi connectivity index (χ1n) is 20.9. The van der Waals surface area contributed by atoms with Crippen molar-refractivity contribution in [2.24, 2.45) is 0 Å². The first-order chi connectivity index (χ1) is 30.2. The monoisotopic (exact) mass is 776 g/mol. The number of rotatable bonds is 8. The molecule has 61 heavy (non-hydrogen) atoms. The van der Waals surface area contributed by atoms with Crippen molar-refractivity contribution in [2.75, 3.05) is 0 Å². The Kier molecular flexibility index (Phi) is 9.09. The van der Waals surface area contributed by atoms with E-state index < -0.39 is 5.41 Å². The van der Waals surface area contributed by atoms with Crippen LogP contribution in [-0.4, -0.2) is 9.97 Å². The van der Waals surface area contributed by atoms with E-state index in [2.05, 4.69) is 218 Å². The molecule has 11 rings (SSSR count). The van der Waals surface area contributed by atoms with Crippen molar-refractivity contribution in [3.05, 3.63) is 265 Å². The zero-order valence-electron chi connectivity index (χ0n) is 33.5. The fourth-order valence-corrected chi connectivity index (χ4v) is 9.24. The maximum Gasteiger partial charge on any atom is 0.160 e. The Hall–Kier alpha value is -7.94. The molecule has 0 unspecified atom stereocenters. The van der Waals surface area contributed by atoms with Gasteiger partial charge in [0.25, 0.3) is 0 Å². The highest BCUT2D eigenvalue weighted by molar-refractivity contribution is 5.88. The summed E-state index contributed by atoms with van der Waals surface area (Å²) in [5, 5.41) is 0. The van der Waals surface area contributed by atoms with Crippen molar-refractivity contribution in [1.82, 2.24) is 9.97 Å². The van der Waals surface area contributed by atoms with Gasteiger partial charge in [0.05, 0.1) is 16.8 Å². The molecule has 0 amide bonds. The fourth-order valence-electron chi connectivity index (χ4n) is 9.24. The van der Waals surface area contributed by atoms with Crippen LogP contribution in [0.1, 0.15) is 22.3 Å². The fraction of sp³-hybridized carbons (Fsp3) is 0.0169. The molecule has 2 heteroatoms. The van der Waals surface area contributed by atoms with Gasteiger partial charge < -0.3 is 0 Å². The SMILES string of the molecule is c1ccc(-c2ccc(-c3cc(-c4ccc(-c5ccc(-c6ccc7c(c6)C(c6ccccc6)(c6ccccc6)c6ccccc6-7)cc5)cc4)nc(-c4ccccc4)n3)cc2)cc1. The summed E-state index contributed by atoms with van der Waals surface area (Å²) >= 11 is 0. The second-order valence-corrected chi connectivity index (χ2v) is 15.7. The first kappa shape index (κ1) is 36.2. The molecule has 0 aliphatic heterocycles. The zero-order valence-corrected chi connectivity index (χ0v) is 33.5. The summed E-state index contributed by atoms with van der Waals surface area (Å²) in [5.41, 5.74) is 19.3. The van der Waals surface area contributed by atoms with Gasteiger partial charge >= 0.3 is 0 Å². The molecule has 10 aromatic rings. The molecular formula is C59H40N2. The minimum atomic E-state index is -0.425. The van der Waals surface area contributed by atoms with E-state index in [0.29, 0.717) is 5.82 Å². The summed E-state index contributed by atoms with van der Waals surface area (Å²) in [7, 11) is 0. The summed E-state index contributed by atoms with van der Waals surface area (Å²) in [6.07, 6.45) is 0. The van der Waals surface area contributed by atoms with Crippen molar-refractivity contribution in [3.8, 4) is 78.4 Å². The number of benzene rings is 9. The van der Waals surface area contributed by atoms with Crippen LogP contribution in [0.2, 0.25) is 0 Å². The highest BCUT2D eigenvalue weighted by atomic mass is 14.9. The number of hydrogen-bond acceptors (Lipinski definition) is 2. The molecule has 0 bridgehead atoms. The molecule has 0 saturated carbocycles. The van der Waals surface area contributed by atoms with Gasteiger partial charge in [-0.2, -0.15) is 0 Å². The second kappa shape index (κ2) is 15.3. The summed E-state index contributed by atoms with van der Waals surface area (Å²) in [4.78, 5) is 10.1. The van der Waals surface area contributed by atoms with Gasteiger partial charge in [0.2, 0.25) is 0 Å². The van der Waals surface area contributed by atoms with E-state index in [9.17, 15) is 0 Å². The summed E-state index contributed by atoms with van der Waals surface area (Å²) in [6.45, 7) is 0. The normalized spacial score (nSPS) is 12.4. The van der Waals surface area contributed by atoms with Crippen LogP contribution in [0.5, 0.6) is 0 Å².